The molecule has 0 saturated carbocycles. The highest BCUT2D eigenvalue weighted by Gasteiger charge is 2.20. The van der Waals surface area contributed by atoms with E-state index in [4.69, 9.17) is 4.74 Å². The van der Waals surface area contributed by atoms with Crippen LogP contribution in [0.1, 0.15) is 29.2 Å². The number of anilines is 1. The van der Waals surface area contributed by atoms with Crippen LogP contribution in [0.4, 0.5) is 5.69 Å². The number of nitrogens with zero attached hydrogens (tertiary/aromatic N) is 1. The molecular weight excluding hydrogens is 527 g/mol. The molecule has 4 heterocycles. The summed E-state index contributed by atoms with van der Waals surface area (Å²) < 4.78 is 32.9. The fourth-order valence-electron chi connectivity index (χ4n) is 3.35. The third-order valence-electron chi connectivity index (χ3n) is 5.05. The highest BCUT2D eigenvalue weighted by atomic mass is 32.2. The van der Waals surface area contributed by atoms with Crippen molar-refractivity contribution < 1.29 is 17.9 Å². The normalized spacial score (nSPS) is 12.5. The highest BCUT2D eigenvalue weighted by Crippen LogP contribution is 2.34. The fourth-order valence-corrected chi connectivity index (χ4v) is 7.17. The van der Waals surface area contributed by atoms with Crippen LogP contribution in [0.25, 0.3) is 20.7 Å². The number of carbonyl (C=O) groups excluding carboxylic acids is 1. The molecule has 8 nitrogen and oxygen atoms in total. The molecule has 5 rings (SSSR count). The highest BCUT2D eigenvalue weighted by molar-refractivity contribution is 7.94. The number of thiophene rings is 3. The van der Waals surface area contributed by atoms with Gasteiger partial charge in [-0.25, -0.2) is 18.2 Å². The van der Waals surface area contributed by atoms with Crippen LogP contribution in [-0.2, 0) is 14.8 Å². The van der Waals surface area contributed by atoms with Crippen molar-refractivity contribution in [3.8, 4) is 10.4 Å². The summed E-state index contributed by atoms with van der Waals surface area (Å²) in [5.74, 6) is -0.380. The van der Waals surface area contributed by atoms with Crippen LogP contribution in [0.3, 0.4) is 0 Å². The maximum Gasteiger partial charge on any atom is 0.338 e. The van der Waals surface area contributed by atoms with Crippen molar-refractivity contribution >= 4 is 65.9 Å². The molecule has 0 fully saturated rings. The number of fused-ring (bicyclic) bond motifs is 1. The van der Waals surface area contributed by atoms with Gasteiger partial charge in [0.25, 0.3) is 15.6 Å². The molecule has 12 heteroatoms. The van der Waals surface area contributed by atoms with Crippen molar-refractivity contribution in [2.45, 2.75) is 17.2 Å². The van der Waals surface area contributed by atoms with E-state index in [1.165, 1.54) is 41.7 Å². The minimum Gasteiger partial charge on any atom is -0.451 e. The molecular formula is C23H17N3O5S4. The van der Waals surface area contributed by atoms with E-state index in [-0.39, 0.29) is 21.2 Å². The molecule has 5 aromatic rings. The molecule has 1 aromatic carbocycles. The Morgan fingerprint density at radius 3 is 2.49 bits per heavy atom. The summed E-state index contributed by atoms with van der Waals surface area (Å²) in [6, 6.07) is 12.9. The smallest absolute Gasteiger partial charge is 0.338 e. The Hall–Kier alpha value is -3.32. The number of nitrogens with one attached hydrogen (secondary N) is 2. The SMILES string of the molecule is C[C@H](OC(=O)c1ccc(NS(=O)(=O)c2cccs2)cc1)c1nc2scc(-c3cccs3)c2c(=O)[nH]1. The predicted octanol–water partition coefficient (Wildman–Crippen LogP) is 5.49. The maximum atomic E-state index is 12.8. The average Bonchev–Trinajstić information content (AvgIpc) is 3.60. The number of aromatic amines is 1. The second-order valence-electron chi connectivity index (χ2n) is 7.42. The number of benzene rings is 1. The van der Waals surface area contributed by atoms with E-state index in [0.717, 1.165) is 21.8 Å². The van der Waals surface area contributed by atoms with Crippen LogP contribution in [0.15, 0.2) is 73.7 Å². The second kappa shape index (κ2) is 9.38. The first-order chi connectivity index (χ1) is 16.8. The minimum atomic E-state index is -3.68. The Kier molecular flexibility index (Phi) is 6.28. The lowest BCUT2D eigenvalue weighted by Crippen LogP contribution is -2.17. The molecule has 35 heavy (non-hydrogen) atoms. The summed E-state index contributed by atoms with van der Waals surface area (Å²) in [4.78, 5) is 34.2. The molecule has 178 valence electrons. The second-order valence-corrected chi connectivity index (χ2v) is 12.1. The van der Waals surface area contributed by atoms with Crippen LogP contribution >= 0.6 is 34.0 Å². The van der Waals surface area contributed by atoms with Crippen molar-refractivity contribution in [1.82, 2.24) is 9.97 Å². The van der Waals surface area contributed by atoms with E-state index >= 15 is 0 Å². The van der Waals surface area contributed by atoms with Gasteiger partial charge in [-0.3, -0.25) is 9.52 Å². The molecule has 0 unspecified atom stereocenters. The molecule has 2 N–H and O–H groups in total. The Morgan fingerprint density at radius 2 is 1.80 bits per heavy atom. The van der Waals surface area contributed by atoms with Gasteiger partial charge in [-0.05, 0) is 54.1 Å². The first-order valence-corrected chi connectivity index (χ1v) is 14.4. The number of hydrogen-bond donors (Lipinski definition) is 2. The van der Waals surface area contributed by atoms with Gasteiger partial charge in [0.2, 0.25) is 0 Å². The van der Waals surface area contributed by atoms with Crippen LogP contribution < -0.4 is 10.3 Å². The average molecular weight is 544 g/mol. The summed E-state index contributed by atoms with van der Waals surface area (Å²) in [7, 11) is -3.68. The lowest BCUT2D eigenvalue weighted by molar-refractivity contribution is 0.0320. The van der Waals surface area contributed by atoms with Gasteiger partial charge < -0.3 is 9.72 Å². The summed E-state index contributed by atoms with van der Waals surface area (Å²) in [6.07, 6.45) is -0.802. The van der Waals surface area contributed by atoms with Gasteiger partial charge in [0, 0.05) is 21.5 Å². The zero-order valence-electron chi connectivity index (χ0n) is 18.0. The van der Waals surface area contributed by atoms with E-state index < -0.39 is 22.1 Å². The molecule has 4 aromatic heterocycles. The van der Waals surface area contributed by atoms with E-state index in [9.17, 15) is 18.0 Å². The van der Waals surface area contributed by atoms with Crippen LogP contribution in [0.2, 0.25) is 0 Å². The standard InChI is InChI=1S/C23H17N3O5S4/c1-13(20-24-21(27)19-16(12-34-22(19)25-20)17-4-2-10-32-17)31-23(28)14-6-8-15(9-7-14)26-35(29,30)18-5-3-11-33-18/h2-13,26H,1H3,(H,24,25,27)/t13-/m0/s1. The molecule has 0 amide bonds. The Balaban J connectivity index is 1.30. The number of esters is 1. The molecule has 1 atom stereocenters. The largest absolute Gasteiger partial charge is 0.451 e. The van der Waals surface area contributed by atoms with Crippen LogP contribution in [0.5, 0.6) is 0 Å². The molecule has 0 bridgehead atoms. The third-order valence-corrected chi connectivity index (χ3v) is 9.60. The van der Waals surface area contributed by atoms with Crippen molar-refractivity contribution in [2.24, 2.45) is 0 Å². The first kappa shape index (κ1) is 23.4. The molecule has 0 aliphatic carbocycles. The fraction of sp³-hybridized carbons (Fsp3) is 0.0870. The van der Waals surface area contributed by atoms with Crippen LogP contribution in [-0.4, -0.2) is 24.4 Å². The van der Waals surface area contributed by atoms with E-state index in [1.54, 1.807) is 29.7 Å². The number of sulfonamides is 1. The van der Waals surface area contributed by atoms with Crippen molar-refractivity contribution in [1.29, 1.82) is 0 Å². The van der Waals surface area contributed by atoms with E-state index in [1.807, 2.05) is 22.9 Å². The Bertz CT molecular complexity index is 1650. The number of aromatic nitrogens is 2. The van der Waals surface area contributed by atoms with Crippen molar-refractivity contribution in [3.63, 3.8) is 0 Å². The quantitative estimate of drug-likeness (QED) is 0.262. The Morgan fingerprint density at radius 1 is 1.06 bits per heavy atom. The summed E-state index contributed by atoms with van der Waals surface area (Å²) in [5.41, 5.74) is 1.09. The molecule has 0 aliphatic rings. The number of ether oxygens (including phenoxy) is 1. The number of rotatable bonds is 7. The van der Waals surface area contributed by atoms with Crippen molar-refractivity contribution in [2.75, 3.05) is 4.72 Å². The van der Waals surface area contributed by atoms with Gasteiger partial charge in [-0.1, -0.05) is 12.1 Å². The van der Waals surface area contributed by atoms with E-state index in [2.05, 4.69) is 14.7 Å². The number of H-pyrrole nitrogens is 1. The topological polar surface area (TPSA) is 118 Å². The zero-order valence-corrected chi connectivity index (χ0v) is 21.3. The van der Waals surface area contributed by atoms with E-state index in [0.29, 0.717) is 15.9 Å². The minimum absolute atomic E-state index is 0.196. The van der Waals surface area contributed by atoms with Crippen LogP contribution in [0, 0.1) is 0 Å². The molecule has 0 aliphatic heterocycles. The van der Waals surface area contributed by atoms with Gasteiger partial charge >= 0.3 is 5.97 Å². The summed E-state index contributed by atoms with van der Waals surface area (Å²) >= 11 is 4.01. The van der Waals surface area contributed by atoms with Gasteiger partial charge in [0.05, 0.1) is 10.9 Å². The number of hydrogen-bond acceptors (Lipinski definition) is 9. The third kappa shape index (κ3) is 4.78. The summed E-state index contributed by atoms with van der Waals surface area (Å²) in [6.45, 7) is 1.62. The zero-order chi connectivity index (χ0) is 24.6. The number of carbonyl (C=O) groups is 1. The van der Waals surface area contributed by atoms with Gasteiger partial charge in [0.15, 0.2) is 11.9 Å². The predicted molar refractivity (Wildman–Crippen MR) is 139 cm³/mol. The van der Waals surface area contributed by atoms with Crippen molar-refractivity contribution in [3.05, 3.63) is 86.4 Å². The lowest BCUT2D eigenvalue weighted by Gasteiger charge is -2.13. The van der Waals surface area contributed by atoms with Gasteiger partial charge in [-0.15, -0.1) is 34.0 Å². The molecule has 0 spiro atoms. The Labute approximate surface area is 211 Å². The summed E-state index contributed by atoms with van der Waals surface area (Å²) in [5, 5.41) is 6.03. The first-order valence-electron chi connectivity index (χ1n) is 10.2. The van der Waals surface area contributed by atoms with Gasteiger partial charge in [-0.2, -0.15) is 0 Å². The lowest BCUT2D eigenvalue weighted by atomic mass is 10.2. The molecule has 0 radical (unpaired) electrons. The monoisotopic (exact) mass is 543 g/mol. The van der Waals surface area contributed by atoms with Gasteiger partial charge in [0.1, 0.15) is 9.04 Å². The maximum absolute atomic E-state index is 12.8. The molecule has 0 saturated heterocycles.